The van der Waals surface area contributed by atoms with Gasteiger partial charge in [-0.15, -0.1) is 0 Å². The lowest BCUT2D eigenvalue weighted by Gasteiger charge is -2.15. The van der Waals surface area contributed by atoms with E-state index in [1.54, 1.807) is 0 Å². The number of esters is 2. The number of hydrogen-bond donors (Lipinski definition) is 1. The second kappa shape index (κ2) is 8.79. The maximum absolute atomic E-state index is 12.9. The summed E-state index contributed by atoms with van der Waals surface area (Å²) in [4.78, 5) is 35.9. The molecule has 0 fully saturated rings. The lowest BCUT2D eigenvalue weighted by atomic mass is 10.1. The molecule has 142 valence electrons. The van der Waals surface area contributed by atoms with E-state index in [0.717, 1.165) is 0 Å². The zero-order valence-electron chi connectivity index (χ0n) is 14.9. The first kappa shape index (κ1) is 19.9. The molecular weight excluding hydrogens is 357 g/mol. The van der Waals surface area contributed by atoms with E-state index in [1.165, 1.54) is 63.6 Å². The summed E-state index contributed by atoms with van der Waals surface area (Å²) in [5, 5.41) is 2.56. The normalized spacial score (nSPS) is 11.3. The van der Waals surface area contributed by atoms with Gasteiger partial charge < -0.3 is 19.5 Å². The van der Waals surface area contributed by atoms with Crippen LogP contribution in [0.2, 0.25) is 0 Å². The Morgan fingerprint density at radius 3 is 1.93 bits per heavy atom. The molecule has 0 bridgehead atoms. The first-order valence-electron chi connectivity index (χ1n) is 7.89. The number of methoxy groups -OCH3 is 2. The predicted octanol–water partition coefficient (Wildman–Crippen LogP) is 2.80. The highest BCUT2D eigenvalue weighted by atomic mass is 19.1. The molecule has 0 spiro atoms. The molecule has 0 saturated carbocycles. The third-order valence-electron chi connectivity index (χ3n) is 3.54. The molecule has 2 aromatic rings. The lowest BCUT2D eigenvalue weighted by Crippen LogP contribution is -2.30. The molecule has 1 N–H and O–H groups in total. The fourth-order valence-electron chi connectivity index (χ4n) is 2.19. The van der Waals surface area contributed by atoms with E-state index in [-0.39, 0.29) is 16.8 Å². The van der Waals surface area contributed by atoms with Crippen LogP contribution in [0.15, 0.2) is 42.5 Å². The van der Waals surface area contributed by atoms with Crippen molar-refractivity contribution in [1.29, 1.82) is 0 Å². The molecule has 0 unspecified atom stereocenters. The lowest BCUT2D eigenvalue weighted by molar-refractivity contribution is -0.122. The van der Waals surface area contributed by atoms with Gasteiger partial charge in [-0.05, 0) is 49.4 Å². The third kappa shape index (κ3) is 5.27. The molecule has 27 heavy (non-hydrogen) atoms. The van der Waals surface area contributed by atoms with Crippen LogP contribution in [0.3, 0.4) is 0 Å². The van der Waals surface area contributed by atoms with Crippen LogP contribution in [0.25, 0.3) is 0 Å². The number of ether oxygens (including phenoxy) is 3. The molecule has 1 atom stereocenters. The minimum Gasteiger partial charge on any atom is -0.481 e. The van der Waals surface area contributed by atoms with Gasteiger partial charge in [0.25, 0.3) is 5.91 Å². The minimum atomic E-state index is -0.918. The standard InChI is InChI=1S/C19H18FNO6/c1-11(27-16-6-4-14(20)5-7-16)17(22)21-15-9-12(18(23)25-2)8-13(10-15)19(24)26-3/h4-11H,1-3H3,(H,21,22)/t11-/m0/s1. The number of benzene rings is 2. The van der Waals surface area contributed by atoms with Crippen molar-refractivity contribution >= 4 is 23.5 Å². The molecular formula is C19H18FNO6. The van der Waals surface area contributed by atoms with E-state index in [9.17, 15) is 18.8 Å². The van der Waals surface area contributed by atoms with E-state index in [0.29, 0.717) is 5.75 Å². The molecule has 0 radical (unpaired) electrons. The molecule has 0 aromatic heterocycles. The van der Waals surface area contributed by atoms with Crippen LogP contribution >= 0.6 is 0 Å². The molecule has 0 heterocycles. The summed E-state index contributed by atoms with van der Waals surface area (Å²) < 4.78 is 27.6. The van der Waals surface area contributed by atoms with Crippen LogP contribution in [0.1, 0.15) is 27.6 Å². The van der Waals surface area contributed by atoms with Gasteiger partial charge in [0.1, 0.15) is 11.6 Å². The number of amides is 1. The van der Waals surface area contributed by atoms with Gasteiger partial charge in [0.15, 0.2) is 6.10 Å². The van der Waals surface area contributed by atoms with Crippen molar-refractivity contribution in [3.05, 3.63) is 59.4 Å². The first-order valence-corrected chi connectivity index (χ1v) is 7.89. The summed E-state index contributed by atoms with van der Waals surface area (Å²) in [7, 11) is 2.40. The Labute approximate surface area is 155 Å². The molecule has 2 aromatic carbocycles. The van der Waals surface area contributed by atoms with Crippen LogP contribution in [0.5, 0.6) is 5.75 Å². The van der Waals surface area contributed by atoms with Gasteiger partial charge in [-0.1, -0.05) is 0 Å². The van der Waals surface area contributed by atoms with Crippen molar-refractivity contribution in [3.8, 4) is 5.75 Å². The van der Waals surface area contributed by atoms with Gasteiger partial charge >= 0.3 is 11.9 Å². The Bertz CT molecular complexity index is 816. The number of rotatable bonds is 6. The number of halogens is 1. The van der Waals surface area contributed by atoms with Crippen LogP contribution in [0, 0.1) is 5.82 Å². The highest BCUT2D eigenvalue weighted by molar-refractivity contribution is 6.00. The van der Waals surface area contributed by atoms with Crippen LogP contribution in [-0.2, 0) is 14.3 Å². The van der Waals surface area contributed by atoms with Gasteiger partial charge in [0, 0.05) is 5.69 Å². The van der Waals surface area contributed by atoms with Crippen LogP contribution < -0.4 is 10.1 Å². The van der Waals surface area contributed by atoms with Crippen LogP contribution in [0.4, 0.5) is 10.1 Å². The van der Waals surface area contributed by atoms with Crippen molar-refractivity contribution in [3.63, 3.8) is 0 Å². The molecule has 0 aliphatic carbocycles. The maximum atomic E-state index is 12.9. The summed E-state index contributed by atoms with van der Waals surface area (Å²) in [6.45, 7) is 1.50. The maximum Gasteiger partial charge on any atom is 0.337 e. The van der Waals surface area contributed by atoms with Crippen molar-refractivity contribution in [2.45, 2.75) is 13.0 Å². The number of anilines is 1. The van der Waals surface area contributed by atoms with E-state index < -0.39 is 29.8 Å². The fraction of sp³-hybridized carbons (Fsp3) is 0.211. The largest absolute Gasteiger partial charge is 0.481 e. The molecule has 8 heteroatoms. The fourth-order valence-corrected chi connectivity index (χ4v) is 2.19. The van der Waals surface area contributed by atoms with Crippen molar-refractivity contribution in [2.24, 2.45) is 0 Å². The predicted molar refractivity (Wildman–Crippen MR) is 94.2 cm³/mol. The molecule has 0 aliphatic rings. The van der Waals surface area contributed by atoms with E-state index in [2.05, 4.69) is 14.8 Å². The third-order valence-corrected chi connectivity index (χ3v) is 3.54. The van der Waals surface area contributed by atoms with Crippen molar-refractivity contribution in [2.75, 3.05) is 19.5 Å². The topological polar surface area (TPSA) is 90.9 Å². The van der Waals surface area contributed by atoms with Gasteiger partial charge in [0.05, 0.1) is 25.3 Å². The quantitative estimate of drug-likeness (QED) is 0.781. The average molecular weight is 375 g/mol. The number of carbonyl (C=O) groups is 3. The summed E-state index contributed by atoms with van der Waals surface area (Å²) in [5.74, 6) is -1.98. The molecule has 0 aliphatic heterocycles. The Balaban J connectivity index is 2.18. The van der Waals surface area contributed by atoms with Crippen molar-refractivity contribution in [1.82, 2.24) is 0 Å². The molecule has 2 rings (SSSR count). The van der Waals surface area contributed by atoms with Gasteiger partial charge in [-0.25, -0.2) is 14.0 Å². The van der Waals surface area contributed by atoms with Crippen molar-refractivity contribution < 1.29 is 33.0 Å². The Hall–Kier alpha value is -3.42. The highest BCUT2D eigenvalue weighted by Crippen LogP contribution is 2.18. The molecule has 7 nitrogen and oxygen atoms in total. The molecule has 1 amide bonds. The smallest absolute Gasteiger partial charge is 0.337 e. The number of hydrogen-bond acceptors (Lipinski definition) is 6. The zero-order valence-corrected chi connectivity index (χ0v) is 14.9. The molecule has 0 saturated heterocycles. The number of carbonyl (C=O) groups excluding carboxylic acids is 3. The summed E-state index contributed by atoms with van der Waals surface area (Å²) >= 11 is 0. The van der Waals surface area contributed by atoms with Gasteiger partial charge in [0.2, 0.25) is 0 Å². The average Bonchev–Trinajstić information content (AvgIpc) is 2.67. The second-order valence-electron chi connectivity index (χ2n) is 5.49. The summed E-state index contributed by atoms with van der Waals surface area (Å²) in [6.07, 6.45) is -0.918. The Morgan fingerprint density at radius 2 is 1.44 bits per heavy atom. The van der Waals surface area contributed by atoms with E-state index in [1.807, 2.05) is 0 Å². The zero-order chi connectivity index (χ0) is 20.0. The van der Waals surface area contributed by atoms with Crippen LogP contribution in [-0.4, -0.2) is 38.2 Å². The van der Waals surface area contributed by atoms with Gasteiger partial charge in [-0.3, -0.25) is 4.79 Å². The monoisotopic (exact) mass is 375 g/mol. The summed E-state index contributed by atoms with van der Waals surface area (Å²) in [6, 6.07) is 9.23. The minimum absolute atomic E-state index is 0.0720. The SMILES string of the molecule is COC(=O)c1cc(NC(=O)[C@H](C)Oc2ccc(F)cc2)cc(C(=O)OC)c1. The Kier molecular flexibility index (Phi) is 6.48. The number of nitrogens with one attached hydrogen (secondary N) is 1. The highest BCUT2D eigenvalue weighted by Gasteiger charge is 2.18. The van der Waals surface area contributed by atoms with E-state index >= 15 is 0 Å². The Morgan fingerprint density at radius 1 is 0.926 bits per heavy atom. The van der Waals surface area contributed by atoms with E-state index in [4.69, 9.17) is 4.74 Å². The van der Waals surface area contributed by atoms with Gasteiger partial charge in [-0.2, -0.15) is 0 Å². The summed E-state index contributed by atoms with van der Waals surface area (Å²) in [5.41, 5.74) is 0.337. The second-order valence-corrected chi connectivity index (χ2v) is 5.49. The first-order chi connectivity index (χ1) is 12.8.